The van der Waals surface area contributed by atoms with Gasteiger partial charge in [0.15, 0.2) is 0 Å². The summed E-state index contributed by atoms with van der Waals surface area (Å²) in [5, 5.41) is 3.29. The molecule has 0 unspecified atom stereocenters. The molecule has 2 aromatic rings. The van der Waals surface area contributed by atoms with Crippen molar-refractivity contribution in [3.63, 3.8) is 0 Å². The number of hydrogen-bond acceptors (Lipinski definition) is 4. The van der Waals surface area contributed by atoms with E-state index >= 15 is 0 Å². The van der Waals surface area contributed by atoms with Gasteiger partial charge in [0, 0.05) is 18.7 Å². The molecule has 1 aromatic carbocycles. The summed E-state index contributed by atoms with van der Waals surface area (Å²) < 4.78 is 58.5. The third-order valence-electron chi connectivity index (χ3n) is 3.90. The Bertz CT molecular complexity index is 942. The number of aryl methyl sites for hydroxylation is 1. The molecular weight excluding hydrogens is 404 g/mol. The first-order valence-corrected chi connectivity index (χ1v) is 8.76. The fourth-order valence-electron chi connectivity index (χ4n) is 2.47. The van der Waals surface area contributed by atoms with Gasteiger partial charge in [-0.05, 0) is 18.6 Å². The molecule has 0 bridgehead atoms. The standard InChI is InChI=1S/C18H17ClF4N2O3/c1-3-4-5-6-28-17(27)10-7-11(13(20)8-12(10)19)16-14(26)9-15(18(21,22)23)25(2)24-16/h7-9H,3-6H2,1-2H3. The Kier molecular flexibility index (Phi) is 6.82. The predicted octanol–water partition coefficient (Wildman–Crippen LogP) is 4.61. The molecule has 0 saturated heterocycles. The van der Waals surface area contributed by atoms with Crippen molar-refractivity contribution in [2.24, 2.45) is 7.05 Å². The fourth-order valence-corrected chi connectivity index (χ4v) is 2.70. The topological polar surface area (TPSA) is 61.2 Å². The van der Waals surface area contributed by atoms with Gasteiger partial charge in [-0.1, -0.05) is 31.4 Å². The summed E-state index contributed by atoms with van der Waals surface area (Å²) in [6.45, 7) is 2.11. The van der Waals surface area contributed by atoms with Crippen molar-refractivity contribution in [1.29, 1.82) is 0 Å². The lowest BCUT2D eigenvalue weighted by Gasteiger charge is -2.13. The van der Waals surface area contributed by atoms with E-state index in [-0.39, 0.29) is 17.2 Å². The smallest absolute Gasteiger partial charge is 0.433 e. The number of nitrogens with zero attached hydrogens (tertiary/aromatic N) is 2. The van der Waals surface area contributed by atoms with Crippen LogP contribution >= 0.6 is 11.6 Å². The highest BCUT2D eigenvalue weighted by Crippen LogP contribution is 2.30. The molecule has 152 valence electrons. The van der Waals surface area contributed by atoms with Crippen LogP contribution in [0.2, 0.25) is 5.02 Å². The molecule has 1 aromatic heterocycles. The van der Waals surface area contributed by atoms with Crippen molar-refractivity contribution in [2.75, 3.05) is 6.61 Å². The summed E-state index contributed by atoms with van der Waals surface area (Å²) >= 11 is 5.89. The zero-order valence-electron chi connectivity index (χ0n) is 15.1. The number of alkyl halides is 3. The highest BCUT2D eigenvalue weighted by atomic mass is 35.5. The predicted molar refractivity (Wildman–Crippen MR) is 94.7 cm³/mol. The minimum Gasteiger partial charge on any atom is -0.462 e. The highest BCUT2D eigenvalue weighted by Gasteiger charge is 2.35. The van der Waals surface area contributed by atoms with Crippen LogP contribution in [0.3, 0.4) is 0 Å². The molecule has 0 aliphatic carbocycles. The second-order valence-corrected chi connectivity index (χ2v) is 6.43. The first-order valence-electron chi connectivity index (χ1n) is 8.38. The van der Waals surface area contributed by atoms with E-state index in [0.717, 1.165) is 32.0 Å². The molecule has 2 rings (SSSR count). The second-order valence-electron chi connectivity index (χ2n) is 6.02. The van der Waals surface area contributed by atoms with Gasteiger partial charge in [0.1, 0.15) is 17.2 Å². The Hall–Kier alpha value is -2.42. The van der Waals surface area contributed by atoms with Gasteiger partial charge in [-0.3, -0.25) is 9.48 Å². The van der Waals surface area contributed by atoms with Crippen LogP contribution in [-0.2, 0) is 18.0 Å². The minimum atomic E-state index is -4.80. The normalized spacial score (nSPS) is 11.5. The van der Waals surface area contributed by atoms with Gasteiger partial charge < -0.3 is 4.74 Å². The van der Waals surface area contributed by atoms with Gasteiger partial charge in [0.05, 0.1) is 17.2 Å². The molecule has 0 saturated carbocycles. The lowest BCUT2D eigenvalue weighted by molar-refractivity contribution is -0.144. The summed E-state index contributed by atoms with van der Waals surface area (Å²) in [5.41, 5.74) is -3.66. The molecule has 1 heterocycles. The average molecular weight is 421 g/mol. The van der Waals surface area contributed by atoms with Crippen molar-refractivity contribution in [3.8, 4) is 11.3 Å². The van der Waals surface area contributed by atoms with Crippen LogP contribution in [0.1, 0.15) is 42.2 Å². The number of esters is 1. The van der Waals surface area contributed by atoms with Crippen molar-refractivity contribution >= 4 is 17.6 Å². The summed E-state index contributed by atoms with van der Waals surface area (Å²) in [6.07, 6.45) is -2.40. The van der Waals surface area contributed by atoms with Gasteiger partial charge in [0.25, 0.3) is 0 Å². The number of halogens is 5. The maximum Gasteiger partial charge on any atom is 0.433 e. The van der Waals surface area contributed by atoms with E-state index in [1.165, 1.54) is 0 Å². The van der Waals surface area contributed by atoms with E-state index in [1.807, 2.05) is 6.92 Å². The number of carbonyl (C=O) groups excluding carboxylic acids is 1. The molecule has 28 heavy (non-hydrogen) atoms. The number of aromatic nitrogens is 2. The molecule has 0 atom stereocenters. The molecule has 0 N–H and O–H groups in total. The van der Waals surface area contributed by atoms with Gasteiger partial charge in [-0.25, -0.2) is 9.18 Å². The zero-order valence-corrected chi connectivity index (χ0v) is 15.8. The molecule has 5 nitrogen and oxygen atoms in total. The third kappa shape index (κ3) is 4.89. The van der Waals surface area contributed by atoms with Crippen LogP contribution in [0.15, 0.2) is 23.0 Å². The SMILES string of the molecule is CCCCCOC(=O)c1cc(-c2nn(C)c(C(F)(F)F)cc2=O)c(F)cc1Cl. The van der Waals surface area contributed by atoms with Gasteiger partial charge in [-0.2, -0.15) is 18.3 Å². The van der Waals surface area contributed by atoms with Crippen LogP contribution in [0, 0.1) is 5.82 Å². The van der Waals surface area contributed by atoms with E-state index < -0.39 is 40.3 Å². The van der Waals surface area contributed by atoms with E-state index in [4.69, 9.17) is 16.3 Å². The maximum atomic E-state index is 14.3. The van der Waals surface area contributed by atoms with Crippen molar-refractivity contribution < 1.29 is 27.1 Å². The minimum absolute atomic E-state index is 0.135. The number of carbonyl (C=O) groups is 1. The summed E-state index contributed by atoms with van der Waals surface area (Å²) in [7, 11) is 0.975. The highest BCUT2D eigenvalue weighted by molar-refractivity contribution is 6.33. The quantitative estimate of drug-likeness (QED) is 0.389. The molecule has 0 amide bonds. The fraction of sp³-hybridized carbons (Fsp3) is 0.389. The first kappa shape index (κ1) is 21.9. The van der Waals surface area contributed by atoms with Gasteiger partial charge in [-0.15, -0.1) is 0 Å². The lowest BCUT2D eigenvalue weighted by atomic mass is 10.1. The Morgan fingerprint density at radius 1 is 1.25 bits per heavy atom. The molecule has 0 aliphatic heterocycles. The van der Waals surface area contributed by atoms with E-state index in [0.29, 0.717) is 17.2 Å². The van der Waals surface area contributed by atoms with Crippen LogP contribution in [-0.4, -0.2) is 22.4 Å². The summed E-state index contributed by atoms with van der Waals surface area (Å²) in [4.78, 5) is 24.3. The van der Waals surface area contributed by atoms with Gasteiger partial charge in [0.2, 0.25) is 5.43 Å². The molecule has 10 heteroatoms. The summed E-state index contributed by atoms with van der Waals surface area (Å²) in [5.74, 6) is -1.83. The third-order valence-corrected chi connectivity index (χ3v) is 4.22. The number of unbranched alkanes of at least 4 members (excludes halogenated alkanes) is 2. The zero-order chi connectivity index (χ0) is 21.1. The largest absolute Gasteiger partial charge is 0.462 e. The van der Waals surface area contributed by atoms with Crippen LogP contribution in [0.4, 0.5) is 17.6 Å². The molecular formula is C18H17ClF4N2O3. The Labute approximate surface area is 162 Å². The maximum absolute atomic E-state index is 14.3. The molecule has 0 fully saturated rings. The van der Waals surface area contributed by atoms with Crippen molar-refractivity contribution in [1.82, 2.24) is 9.78 Å². The Balaban J connectivity index is 2.46. The van der Waals surface area contributed by atoms with Crippen LogP contribution in [0.25, 0.3) is 11.3 Å². The number of ether oxygens (including phenoxy) is 1. The number of benzene rings is 1. The van der Waals surface area contributed by atoms with Crippen molar-refractivity contribution in [2.45, 2.75) is 32.4 Å². The molecule has 0 radical (unpaired) electrons. The van der Waals surface area contributed by atoms with Crippen molar-refractivity contribution in [3.05, 3.63) is 50.5 Å². The summed E-state index contributed by atoms with van der Waals surface area (Å²) in [6, 6.07) is 2.06. The second kappa shape index (κ2) is 8.72. The first-order chi connectivity index (χ1) is 13.1. The van der Waals surface area contributed by atoms with Gasteiger partial charge >= 0.3 is 12.1 Å². The molecule has 0 spiro atoms. The van der Waals surface area contributed by atoms with E-state index in [2.05, 4.69) is 5.10 Å². The lowest BCUT2D eigenvalue weighted by Crippen LogP contribution is -2.23. The number of rotatable bonds is 6. The molecule has 0 aliphatic rings. The van der Waals surface area contributed by atoms with E-state index in [1.54, 1.807) is 0 Å². The average Bonchev–Trinajstić information content (AvgIpc) is 2.59. The van der Waals surface area contributed by atoms with Crippen LogP contribution in [0.5, 0.6) is 0 Å². The Morgan fingerprint density at radius 3 is 2.54 bits per heavy atom. The Morgan fingerprint density at radius 2 is 1.93 bits per heavy atom. The monoisotopic (exact) mass is 420 g/mol. The van der Waals surface area contributed by atoms with Crippen LogP contribution < -0.4 is 5.43 Å². The number of hydrogen-bond donors (Lipinski definition) is 0. The van der Waals surface area contributed by atoms with E-state index in [9.17, 15) is 27.2 Å².